The highest BCUT2D eigenvalue weighted by molar-refractivity contribution is 9.10. The zero-order valence-electron chi connectivity index (χ0n) is 11.3. The molecule has 1 fully saturated rings. The third kappa shape index (κ3) is 2.86. The quantitative estimate of drug-likeness (QED) is 0.669. The normalized spacial score (nSPS) is 19.3. The number of methoxy groups -OCH3 is 1. The van der Waals surface area contributed by atoms with Gasteiger partial charge < -0.3 is 15.4 Å². The van der Waals surface area contributed by atoms with Gasteiger partial charge in [-0.05, 0) is 54.2 Å². The number of anilines is 2. The highest BCUT2D eigenvalue weighted by Crippen LogP contribution is 2.37. The third-order valence-electron chi connectivity index (χ3n) is 3.60. The van der Waals surface area contributed by atoms with Crippen LogP contribution in [0.15, 0.2) is 16.6 Å². The Labute approximate surface area is 122 Å². The zero-order valence-corrected chi connectivity index (χ0v) is 12.9. The van der Waals surface area contributed by atoms with E-state index in [-0.39, 0.29) is 5.97 Å². The van der Waals surface area contributed by atoms with Gasteiger partial charge >= 0.3 is 5.97 Å². The lowest BCUT2D eigenvalue weighted by Gasteiger charge is -2.36. The summed E-state index contributed by atoms with van der Waals surface area (Å²) in [6.45, 7) is 3.21. The summed E-state index contributed by atoms with van der Waals surface area (Å²) >= 11 is 3.53. The Morgan fingerprint density at radius 1 is 1.47 bits per heavy atom. The van der Waals surface area contributed by atoms with Crippen LogP contribution in [0.5, 0.6) is 0 Å². The molecule has 0 spiro atoms. The molecule has 1 aromatic rings. The lowest BCUT2D eigenvalue weighted by atomic mass is 10.0. The fourth-order valence-corrected chi connectivity index (χ4v) is 3.29. The molecule has 1 heterocycles. The number of hydrogen-bond donors (Lipinski definition) is 1. The molecular weight excluding hydrogens is 308 g/mol. The number of piperidine rings is 1. The van der Waals surface area contributed by atoms with Crippen LogP contribution in [0.1, 0.15) is 36.5 Å². The number of halogens is 1. The number of carbonyl (C=O) groups excluding carboxylic acids is 1. The number of esters is 1. The first-order chi connectivity index (χ1) is 9.04. The molecule has 0 amide bonds. The minimum atomic E-state index is -0.370. The second-order valence-corrected chi connectivity index (χ2v) is 5.78. The van der Waals surface area contributed by atoms with E-state index in [0.29, 0.717) is 17.3 Å². The minimum Gasteiger partial charge on any atom is -0.465 e. The maximum absolute atomic E-state index is 11.6. The molecule has 1 aliphatic heterocycles. The van der Waals surface area contributed by atoms with Gasteiger partial charge in [0.1, 0.15) is 0 Å². The Balaban J connectivity index is 2.38. The molecule has 2 rings (SSSR count). The zero-order chi connectivity index (χ0) is 14.0. The predicted octanol–water partition coefficient (Wildman–Crippen LogP) is 3.20. The van der Waals surface area contributed by atoms with Gasteiger partial charge in [0.15, 0.2) is 0 Å². The molecule has 1 atom stereocenters. The van der Waals surface area contributed by atoms with Crippen LogP contribution in [-0.2, 0) is 4.74 Å². The van der Waals surface area contributed by atoms with Crippen molar-refractivity contribution in [3.8, 4) is 0 Å². The van der Waals surface area contributed by atoms with E-state index in [0.717, 1.165) is 16.7 Å². The van der Waals surface area contributed by atoms with E-state index >= 15 is 0 Å². The molecule has 104 valence electrons. The highest BCUT2D eigenvalue weighted by Gasteiger charge is 2.23. The second kappa shape index (κ2) is 5.82. The molecule has 0 radical (unpaired) electrons. The van der Waals surface area contributed by atoms with E-state index in [1.165, 1.54) is 26.4 Å². The van der Waals surface area contributed by atoms with Gasteiger partial charge in [0.05, 0.1) is 24.0 Å². The van der Waals surface area contributed by atoms with Crippen LogP contribution in [0.25, 0.3) is 0 Å². The van der Waals surface area contributed by atoms with E-state index in [2.05, 4.69) is 27.8 Å². The lowest BCUT2D eigenvalue weighted by molar-refractivity contribution is 0.0600. The molecule has 0 aromatic heterocycles. The Kier molecular flexibility index (Phi) is 4.34. The summed E-state index contributed by atoms with van der Waals surface area (Å²) in [6, 6.07) is 3.93. The molecule has 0 saturated carbocycles. The number of nitrogens with two attached hydrogens (primary N) is 1. The smallest absolute Gasteiger partial charge is 0.337 e. The number of carbonyl (C=O) groups is 1. The van der Waals surface area contributed by atoms with Crippen LogP contribution in [-0.4, -0.2) is 25.7 Å². The van der Waals surface area contributed by atoms with E-state index in [4.69, 9.17) is 10.5 Å². The number of rotatable bonds is 2. The molecule has 0 unspecified atom stereocenters. The predicted molar refractivity (Wildman–Crippen MR) is 80.6 cm³/mol. The summed E-state index contributed by atoms with van der Waals surface area (Å²) in [7, 11) is 1.37. The molecular formula is C14H19BrN2O2. The van der Waals surface area contributed by atoms with Crippen molar-refractivity contribution in [2.75, 3.05) is 24.3 Å². The highest BCUT2D eigenvalue weighted by atomic mass is 79.9. The minimum absolute atomic E-state index is 0.370. The maximum Gasteiger partial charge on any atom is 0.337 e. The van der Waals surface area contributed by atoms with E-state index in [9.17, 15) is 4.79 Å². The first kappa shape index (κ1) is 14.2. The topological polar surface area (TPSA) is 55.6 Å². The molecule has 0 bridgehead atoms. The second-order valence-electron chi connectivity index (χ2n) is 4.93. The molecule has 4 nitrogen and oxygen atoms in total. The summed E-state index contributed by atoms with van der Waals surface area (Å²) in [6.07, 6.45) is 3.61. The Bertz CT molecular complexity index is 467. The summed E-state index contributed by atoms with van der Waals surface area (Å²) in [5.41, 5.74) is 8.20. The van der Waals surface area contributed by atoms with Crippen molar-refractivity contribution in [1.82, 2.24) is 0 Å². The molecule has 5 heteroatoms. The molecule has 2 N–H and O–H groups in total. The fraction of sp³-hybridized carbons (Fsp3) is 0.500. The molecule has 0 aliphatic carbocycles. The van der Waals surface area contributed by atoms with Gasteiger partial charge in [-0.15, -0.1) is 0 Å². The molecule has 1 saturated heterocycles. The van der Waals surface area contributed by atoms with Crippen LogP contribution in [0, 0.1) is 0 Å². The van der Waals surface area contributed by atoms with Crippen molar-refractivity contribution in [2.24, 2.45) is 0 Å². The van der Waals surface area contributed by atoms with Gasteiger partial charge in [0.25, 0.3) is 0 Å². The molecule has 19 heavy (non-hydrogen) atoms. The monoisotopic (exact) mass is 326 g/mol. The van der Waals surface area contributed by atoms with Gasteiger partial charge in [-0.2, -0.15) is 0 Å². The van der Waals surface area contributed by atoms with Crippen molar-refractivity contribution in [3.63, 3.8) is 0 Å². The van der Waals surface area contributed by atoms with E-state index in [1.54, 1.807) is 12.1 Å². The van der Waals surface area contributed by atoms with Crippen LogP contribution in [0.3, 0.4) is 0 Å². The van der Waals surface area contributed by atoms with Crippen LogP contribution < -0.4 is 10.6 Å². The average molecular weight is 327 g/mol. The van der Waals surface area contributed by atoms with Crippen molar-refractivity contribution < 1.29 is 9.53 Å². The standard InChI is InChI=1S/C14H19BrN2O2/c1-9-5-3-4-6-17(9)13-11(15)7-10(8-12(13)16)14(18)19-2/h7-9H,3-6,16H2,1-2H3/t9-/m1/s1. The Hall–Kier alpha value is -1.23. The number of benzene rings is 1. The third-order valence-corrected chi connectivity index (χ3v) is 4.21. The number of nitrogens with zero attached hydrogens (tertiary/aromatic N) is 1. The fourth-order valence-electron chi connectivity index (χ4n) is 2.59. The number of hydrogen-bond acceptors (Lipinski definition) is 4. The van der Waals surface area contributed by atoms with E-state index < -0.39 is 0 Å². The maximum atomic E-state index is 11.6. The van der Waals surface area contributed by atoms with Gasteiger partial charge in [-0.3, -0.25) is 0 Å². The van der Waals surface area contributed by atoms with Crippen LogP contribution in [0.4, 0.5) is 11.4 Å². The van der Waals surface area contributed by atoms with Crippen molar-refractivity contribution in [2.45, 2.75) is 32.2 Å². The van der Waals surface area contributed by atoms with Gasteiger partial charge in [0, 0.05) is 17.1 Å². The summed E-state index contributed by atoms with van der Waals surface area (Å²) in [4.78, 5) is 13.9. The first-order valence-corrected chi connectivity index (χ1v) is 7.28. The van der Waals surface area contributed by atoms with Crippen molar-refractivity contribution in [1.29, 1.82) is 0 Å². The summed E-state index contributed by atoms with van der Waals surface area (Å²) < 4.78 is 5.57. The Morgan fingerprint density at radius 3 is 2.79 bits per heavy atom. The first-order valence-electron chi connectivity index (χ1n) is 6.48. The Morgan fingerprint density at radius 2 is 2.21 bits per heavy atom. The SMILES string of the molecule is COC(=O)c1cc(N)c(N2CCCC[C@H]2C)c(Br)c1. The van der Waals surface area contributed by atoms with Crippen molar-refractivity contribution in [3.05, 3.63) is 22.2 Å². The number of ether oxygens (including phenoxy) is 1. The van der Waals surface area contributed by atoms with Crippen LogP contribution >= 0.6 is 15.9 Å². The van der Waals surface area contributed by atoms with E-state index in [1.807, 2.05) is 0 Å². The van der Waals surface area contributed by atoms with Gasteiger partial charge in [-0.25, -0.2) is 4.79 Å². The lowest BCUT2D eigenvalue weighted by Crippen LogP contribution is -2.38. The van der Waals surface area contributed by atoms with Gasteiger partial charge in [0.2, 0.25) is 0 Å². The molecule has 1 aliphatic rings. The average Bonchev–Trinajstić information content (AvgIpc) is 2.39. The molecule has 1 aromatic carbocycles. The number of nitrogen functional groups attached to an aromatic ring is 1. The van der Waals surface area contributed by atoms with Gasteiger partial charge in [-0.1, -0.05) is 0 Å². The van der Waals surface area contributed by atoms with Crippen molar-refractivity contribution >= 4 is 33.3 Å². The summed E-state index contributed by atoms with van der Waals surface area (Å²) in [5, 5.41) is 0. The summed E-state index contributed by atoms with van der Waals surface area (Å²) in [5.74, 6) is -0.370. The largest absolute Gasteiger partial charge is 0.465 e. The van der Waals surface area contributed by atoms with Crippen LogP contribution in [0.2, 0.25) is 0 Å².